The zero-order valence-corrected chi connectivity index (χ0v) is 19.0. The van der Waals surface area contributed by atoms with Gasteiger partial charge in [0.15, 0.2) is 5.36 Å². The minimum atomic E-state index is -6.00. The minimum absolute atomic E-state index is 0.766. The van der Waals surface area contributed by atoms with Crippen LogP contribution < -0.4 is 15.1 Å². The zero-order valence-electron chi connectivity index (χ0n) is 18.2. The summed E-state index contributed by atoms with van der Waals surface area (Å²) in [5.74, 6) is 1.58. The highest BCUT2D eigenvalue weighted by molar-refractivity contribution is 7.21. The normalized spacial score (nSPS) is 12.0. The largest absolute Gasteiger partial charge is 0.673 e. The molecule has 2 aromatic heterocycles. The van der Waals surface area contributed by atoms with Crippen LogP contribution in [0.3, 0.4) is 0 Å². The quantitative estimate of drug-likeness (QED) is 0.204. The average Bonchev–Trinajstić information content (AvgIpc) is 3.19. The molecule has 0 radical (unpaired) electrons. The van der Waals surface area contributed by atoms with E-state index in [9.17, 15) is 17.3 Å². The Labute approximate surface area is 196 Å². The number of ether oxygens (including phenoxy) is 1. The Kier molecular flexibility index (Phi) is 6.69. The molecule has 0 aliphatic carbocycles. The van der Waals surface area contributed by atoms with Gasteiger partial charge in [-0.15, -0.1) is 0 Å². The summed E-state index contributed by atoms with van der Waals surface area (Å²) in [6, 6.07) is 24.2. The van der Waals surface area contributed by atoms with Gasteiger partial charge in [0.2, 0.25) is 0 Å². The molecule has 0 saturated heterocycles. The van der Waals surface area contributed by atoms with Crippen molar-refractivity contribution >= 4 is 44.9 Å². The Morgan fingerprint density at radius 3 is 2.35 bits per heavy atom. The molecule has 0 aliphatic rings. The number of aromatic nitrogens is 1. The van der Waals surface area contributed by atoms with Crippen LogP contribution in [0.15, 0.2) is 82.2 Å². The van der Waals surface area contributed by atoms with E-state index in [0.717, 1.165) is 44.0 Å². The third-order valence-corrected chi connectivity index (χ3v) is 5.78. The summed E-state index contributed by atoms with van der Waals surface area (Å²) in [6.07, 6.45) is 0. The van der Waals surface area contributed by atoms with E-state index >= 15 is 0 Å². The summed E-state index contributed by atoms with van der Waals surface area (Å²) >= 11 is 1.65. The van der Waals surface area contributed by atoms with Crippen molar-refractivity contribution in [2.75, 3.05) is 7.11 Å². The maximum absolute atomic E-state index is 9.75. The lowest BCUT2D eigenvalue weighted by molar-refractivity contribution is -0.323. The Bertz CT molecular complexity index is 1510. The SMILES string of the molecule is COc1ccc(-c2cc(=Nc3[nH+]c4ccc(C)cc4s3)c3ccccc3o2)cc1.F[B-](F)(F)F. The molecular weight excluding hydrogens is 467 g/mol. The number of fused-ring (bicyclic) bond motifs is 2. The number of halogens is 4. The van der Waals surface area contributed by atoms with Crippen LogP contribution in [-0.2, 0) is 0 Å². The predicted molar refractivity (Wildman–Crippen MR) is 127 cm³/mol. The lowest BCUT2D eigenvalue weighted by Gasteiger charge is -2.04. The molecule has 0 amide bonds. The van der Waals surface area contributed by atoms with Crippen molar-refractivity contribution in [1.82, 2.24) is 0 Å². The summed E-state index contributed by atoms with van der Waals surface area (Å²) in [4.78, 5) is 8.35. The number of hydrogen-bond acceptors (Lipinski definition) is 4. The molecule has 174 valence electrons. The van der Waals surface area contributed by atoms with Crippen LogP contribution in [0.2, 0.25) is 0 Å². The van der Waals surface area contributed by atoms with E-state index in [-0.39, 0.29) is 0 Å². The summed E-state index contributed by atoms with van der Waals surface area (Å²) < 4.78 is 51.6. The summed E-state index contributed by atoms with van der Waals surface area (Å²) in [7, 11) is -4.34. The van der Waals surface area contributed by atoms with Gasteiger partial charge < -0.3 is 26.4 Å². The monoisotopic (exact) mass is 486 g/mol. The van der Waals surface area contributed by atoms with E-state index in [2.05, 4.69) is 30.1 Å². The third kappa shape index (κ3) is 5.82. The van der Waals surface area contributed by atoms with Gasteiger partial charge in [0.1, 0.15) is 22.6 Å². The second kappa shape index (κ2) is 9.68. The van der Waals surface area contributed by atoms with Gasteiger partial charge in [-0.25, -0.2) is 4.98 Å². The number of nitrogens with zero attached hydrogens (tertiary/aromatic N) is 1. The number of rotatable bonds is 3. The number of aromatic amines is 1. The van der Waals surface area contributed by atoms with Gasteiger partial charge in [0, 0.05) is 11.6 Å². The van der Waals surface area contributed by atoms with Crippen molar-refractivity contribution < 1.29 is 31.4 Å². The molecule has 0 unspecified atom stereocenters. The van der Waals surface area contributed by atoms with E-state index in [1.807, 2.05) is 54.6 Å². The van der Waals surface area contributed by atoms with Gasteiger partial charge in [-0.2, -0.15) is 0 Å². The first-order valence-corrected chi connectivity index (χ1v) is 11.0. The summed E-state index contributed by atoms with van der Waals surface area (Å²) in [6.45, 7) is 2.10. The molecule has 5 rings (SSSR count). The smallest absolute Gasteiger partial charge is 0.497 e. The number of hydrogen-bond donors (Lipinski definition) is 0. The van der Waals surface area contributed by atoms with E-state index < -0.39 is 7.25 Å². The third-order valence-electron chi connectivity index (χ3n) is 4.83. The topological polar surface area (TPSA) is 48.9 Å². The first kappa shape index (κ1) is 23.5. The first-order valence-electron chi connectivity index (χ1n) is 10.2. The standard InChI is InChI=1S/C24H18N2O2S.BF4/c1-15-7-12-19-23(13-15)29-24(25-19)26-20-14-22(16-8-10-17(27-2)11-9-16)28-21-6-4-3-5-18(20)21;2-1(3,4)5/h3-14H,1-2H3;/q;-1/p+1. The summed E-state index contributed by atoms with van der Waals surface area (Å²) in [5.41, 5.74) is 4.12. The van der Waals surface area contributed by atoms with Crippen LogP contribution in [0.5, 0.6) is 5.75 Å². The molecule has 0 saturated carbocycles. The van der Waals surface area contributed by atoms with Crippen molar-refractivity contribution in [2.45, 2.75) is 6.92 Å². The number of nitrogens with one attached hydrogen (secondary N) is 1. The van der Waals surface area contributed by atoms with Crippen LogP contribution in [-0.4, -0.2) is 14.4 Å². The average molecular weight is 486 g/mol. The second-order valence-electron chi connectivity index (χ2n) is 7.36. The predicted octanol–water partition coefficient (Wildman–Crippen LogP) is 6.98. The van der Waals surface area contributed by atoms with E-state index in [1.165, 1.54) is 10.3 Å². The molecule has 2 heterocycles. The van der Waals surface area contributed by atoms with Gasteiger partial charge in [0.05, 0.1) is 17.2 Å². The van der Waals surface area contributed by atoms with Crippen LogP contribution in [0, 0.1) is 6.92 Å². The molecule has 0 fully saturated rings. The van der Waals surface area contributed by atoms with Crippen LogP contribution in [0.4, 0.5) is 22.4 Å². The first-order chi connectivity index (χ1) is 16.2. The van der Waals surface area contributed by atoms with Crippen LogP contribution in [0.25, 0.3) is 32.5 Å². The minimum Gasteiger partial charge on any atom is -0.497 e. The number of thiazole rings is 1. The Balaban J connectivity index is 0.000000499. The number of H-pyrrole nitrogens is 1. The van der Waals surface area contributed by atoms with Crippen LogP contribution >= 0.6 is 11.3 Å². The van der Waals surface area contributed by atoms with Crippen molar-refractivity contribution in [3.63, 3.8) is 0 Å². The molecule has 4 nitrogen and oxygen atoms in total. The number of para-hydroxylation sites is 1. The molecule has 5 aromatic rings. The molecule has 3 aromatic carbocycles. The van der Waals surface area contributed by atoms with E-state index in [0.29, 0.717) is 0 Å². The highest BCUT2D eigenvalue weighted by atomic mass is 32.1. The Hall–Kier alpha value is -3.66. The highest BCUT2D eigenvalue weighted by Crippen LogP contribution is 2.27. The number of aryl methyl sites for hydroxylation is 1. The summed E-state index contributed by atoms with van der Waals surface area (Å²) in [5, 5.41) is 2.71. The fourth-order valence-electron chi connectivity index (χ4n) is 3.33. The molecule has 0 spiro atoms. The Morgan fingerprint density at radius 2 is 1.65 bits per heavy atom. The lowest BCUT2D eigenvalue weighted by Crippen LogP contribution is -2.05. The highest BCUT2D eigenvalue weighted by Gasteiger charge is 2.20. The van der Waals surface area contributed by atoms with Crippen molar-refractivity contribution in [1.29, 1.82) is 0 Å². The number of benzene rings is 3. The van der Waals surface area contributed by atoms with Crippen molar-refractivity contribution in [3.8, 4) is 17.1 Å². The maximum Gasteiger partial charge on any atom is 0.673 e. The second-order valence-corrected chi connectivity index (χ2v) is 8.39. The molecule has 34 heavy (non-hydrogen) atoms. The van der Waals surface area contributed by atoms with Crippen molar-refractivity contribution in [3.05, 3.63) is 83.7 Å². The molecule has 0 aliphatic heterocycles. The lowest BCUT2D eigenvalue weighted by atomic mass is 10.1. The van der Waals surface area contributed by atoms with Crippen molar-refractivity contribution in [2.24, 2.45) is 4.99 Å². The number of methoxy groups -OCH3 is 1. The van der Waals surface area contributed by atoms with E-state index in [1.54, 1.807) is 18.4 Å². The van der Waals surface area contributed by atoms with Gasteiger partial charge in [-0.3, -0.25) is 0 Å². The molecule has 0 atom stereocenters. The zero-order chi connectivity index (χ0) is 24.3. The fourth-order valence-corrected chi connectivity index (χ4v) is 4.32. The molecule has 10 heteroatoms. The van der Waals surface area contributed by atoms with Gasteiger partial charge >= 0.3 is 12.4 Å². The van der Waals surface area contributed by atoms with Gasteiger partial charge in [-0.1, -0.05) is 18.2 Å². The fraction of sp³-hybridized carbons (Fsp3) is 0.0833. The van der Waals surface area contributed by atoms with Gasteiger partial charge in [-0.05, 0) is 77.3 Å². The van der Waals surface area contributed by atoms with E-state index in [4.69, 9.17) is 14.1 Å². The Morgan fingerprint density at radius 1 is 0.941 bits per heavy atom. The molecular formula is C24H19BF4N2O2S. The molecule has 1 N–H and O–H groups in total. The van der Waals surface area contributed by atoms with Crippen LogP contribution in [0.1, 0.15) is 5.56 Å². The molecule has 0 bridgehead atoms. The van der Waals surface area contributed by atoms with Gasteiger partial charge in [0.25, 0.3) is 0 Å². The maximum atomic E-state index is 9.75.